The van der Waals surface area contributed by atoms with Crippen LogP contribution >= 0.6 is 0 Å². The third-order valence-electron chi connectivity index (χ3n) is 2.44. The van der Waals surface area contributed by atoms with Crippen LogP contribution in [0.4, 0.5) is 0 Å². The van der Waals surface area contributed by atoms with Gasteiger partial charge >= 0.3 is 0 Å². The predicted octanol–water partition coefficient (Wildman–Crippen LogP) is 2.04. The van der Waals surface area contributed by atoms with Crippen LogP contribution in [-0.4, -0.2) is 12.1 Å². The minimum Gasteiger partial charge on any atom is -0.495 e. The van der Waals surface area contributed by atoms with E-state index in [0.717, 1.165) is 16.9 Å². The van der Waals surface area contributed by atoms with E-state index in [4.69, 9.17) is 14.9 Å². The van der Waals surface area contributed by atoms with Crippen LogP contribution in [0.3, 0.4) is 0 Å². The SMILES string of the molecule is COc1cncc(C(N)c2coc(C)c2)c1. The summed E-state index contributed by atoms with van der Waals surface area (Å²) >= 11 is 0. The number of hydrogen-bond acceptors (Lipinski definition) is 4. The van der Waals surface area contributed by atoms with E-state index in [-0.39, 0.29) is 6.04 Å². The van der Waals surface area contributed by atoms with Gasteiger partial charge in [-0.25, -0.2) is 0 Å². The summed E-state index contributed by atoms with van der Waals surface area (Å²) in [6.45, 7) is 1.89. The summed E-state index contributed by atoms with van der Waals surface area (Å²) in [7, 11) is 1.61. The Hall–Kier alpha value is -1.81. The summed E-state index contributed by atoms with van der Waals surface area (Å²) in [6, 6.07) is 3.56. The lowest BCUT2D eigenvalue weighted by Crippen LogP contribution is -2.11. The highest BCUT2D eigenvalue weighted by Gasteiger charge is 2.12. The molecule has 0 radical (unpaired) electrons. The Morgan fingerprint density at radius 3 is 2.75 bits per heavy atom. The van der Waals surface area contributed by atoms with Crippen molar-refractivity contribution in [3.8, 4) is 5.75 Å². The molecule has 2 aromatic rings. The maximum absolute atomic E-state index is 6.10. The molecule has 0 spiro atoms. The molecular weight excluding hydrogens is 204 g/mol. The Balaban J connectivity index is 2.29. The van der Waals surface area contributed by atoms with E-state index < -0.39 is 0 Å². The number of aryl methyl sites for hydroxylation is 1. The molecule has 0 amide bonds. The third kappa shape index (κ3) is 2.06. The van der Waals surface area contributed by atoms with Crippen molar-refractivity contribution in [1.82, 2.24) is 4.98 Å². The maximum atomic E-state index is 6.10. The number of methoxy groups -OCH3 is 1. The van der Waals surface area contributed by atoms with Gasteiger partial charge in [0.1, 0.15) is 11.5 Å². The van der Waals surface area contributed by atoms with E-state index in [0.29, 0.717) is 5.75 Å². The summed E-state index contributed by atoms with van der Waals surface area (Å²) in [4.78, 5) is 4.07. The second kappa shape index (κ2) is 4.37. The predicted molar refractivity (Wildman–Crippen MR) is 60.3 cm³/mol. The van der Waals surface area contributed by atoms with Crippen LogP contribution < -0.4 is 10.5 Å². The fourth-order valence-corrected chi connectivity index (χ4v) is 1.54. The molecule has 16 heavy (non-hydrogen) atoms. The second-order valence-corrected chi connectivity index (χ2v) is 3.63. The third-order valence-corrected chi connectivity index (χ3v) is 2.44. The minimum absolute atomic E-state index is 0.236. The van der Waals surface area contributed by atoms with Gasteiger partial charge in [0.2, 0.25) is 0 Å². The molecule has 2 rings (SSSR count). The van der Waals surface area contributed by atoms with E-state index in [1.807, 2.05) is 19.1 Å². The number of hydrogen-bond donors (Lipinski definition) is 1. The second-order valence-electron chi connectivity index (χ2n) is 3.63. The number of furan rings is 1. The standard InChI is InChI=1S/C12H14N2O2/c1-8-3-10(7-16-8)12(13)9-4-11(15-2)6-14-5-9/h3-7,12H,13H2,1-2H3. The summed E-state index contributed by atoms with van der Waals surface area (Å²) in [5.74, 6) is 1.55. The van der Waals surface area contributed by atoms with Gasteiger partial charge in [0.15, 0.2) is 0 Å². The van der Waals surface area contributed by atoms with Crippen LogP contribution in [0.5, 0.6) is 5.75 Å². The Morgan fingerprint density at radius 1 is 1.31 bits per heavy atom. The van der Waals surface area contributed by atoms with Crippen LogP contribution in [0.15, 0.2) is 35.2 Å². The highest BCUT2D eigenvalue weighted by atomic mass is 16.5. The molecule has 84 valence electrons. The molecule has 0 aliphatic heterocycles. The molecule has 1 unspecified atom stereocenters. The molecule has 0 saturated carbocycles. The Bertz CT molecular complexity index is 479. The number of rotatable bonds is 3. The highest BCUT2D eigenvalue weighted by molar-refractivity contribution is 5.32. The quantitative estimate of drug-likeness (QED) is 0.856. The van der Waals surface area contributed by atoms with E-state index in [2.05, 4.69) is 4.98 Å². The van der Waals surface area contributed by atoms with Gasteiger partial charge in [-0.15, -0.1) is 0 Å². The molecule has 4 nitrogen and oxygen atoms in total. The molecule has 2 aromatic heterocycles. The number of aromatic nitrogens is 1. The zero-order valence-electron chi connectivity index (χ0n) is 9.31. The Labute approximate surface area is 94.1 Å². The van der Waals surface area contributed by atoms with Crippen molar-refractivity contribution < 1.29 is 9.15 Å². The van der Waals surface area contributed by atoms with Crippen molar-refractivity contribution >= 4 is 0 Å². The van der Waals surface area contributed by atoms with Crippen molar-refractivity contribution in [3.63, 3.8) is 0 Å². The van der Waals surface area contributed by atoms with E-state index in [9.17, 15) is 0 Å². The van der Waals surface area contributed by atoms with Gasteiger partial charge in [0, 0.05) is 11.8 Å². The van der Waals surface area contributed by atoms with Gasteiger partial charge in [-0.3, -0.25) is 4.98 Å². The lowest BCUT2D eigenvalue weighted by atomic mass is 10.0. The molecule has 0 aliphatic carbocycles. The van der Waals surface area contributed by atoms with Crippen molar-refractivity contribution in [2.75, 3.05) is 7.11 Å². The van der Waals surface area contributed by atoms with Crippen LogP contribution in [0.2, 0.25) is 0 Å². The number of nitrogens with two attached hydrogens (primary N) is 1. The van der Waals surface area contributed by atoms with E-state index in [1.54, 1.807) is 25.8 Å². The number of nitrogens with zero attached hydrogens (tertiary/aromatic N) is 1. The van der Waals surface area contributed by atoms with Gasteiger partial charge in [-0.2, -0.15) is 0 Å². The minimum atomic E-state index is -0.236. The molecule has 0 aromatic carbocycles. The average Bonchev–Trinajstić information content (AvgIpc) is 2.75. The fourth-order valence-electron chi connectivity index (χ4n) is 1.54. The zero-order valence-corrected chi connectivity index (χ0v) is 9.31. The van der Waals surface area contributed by atoms with Crippen LogP contribution in [0.25, 0.3) is 0 Å². The van der Waals surface area contributed by atoms with Crippen LogP contribution in [-0.2, 0) is 0 Å². The van der Waals surface area contributed by atoms with E-state index in [1.165, 1.54) is 0 Å². The first-order valence-electron chi connectivity index (χ1n) is 5.00. The molecule has 1 atom stereocenters. The molecule has 0 saturated heterocycles. The first kappa shape index (κ1) is 10.7. The van der Waals surface area contributed by atoms with Crippen LogP contribution in [0, 0.1) is 6.92 Å². The summed E-state index contributed by atoms with van der Waals surface area (Å²) in [5.41, 5.74) is 7.94. The smallest absolute Gasteiger partial charge is 0.137 e. The van der Waals surface area contributed by atoms with Gasteiger partial charge in [-0.1, -0.05) is 0 Å². The molecule has 2 heterocycles. The lowest BCUT2D eigenvalue weighted by Gasteiger charge is -2.10. The normalized spacial score (nSPS) is 12.4. The molecular formula is C12H14N2O2. The summed E-state index contributed by atoms with van der Waals surface area (Å²) in [5, 5.41) is 0. The molecule has 4 heteroatoms. The van der Waals surface area contributed by atoms with Gasteiger partial charge in [-0.05, 0) is 24.6 Å². The topological polar surface area (TPSA) is 61.3 Å². The van der Waals surface area contributed by atoms with Crippen molar-refractivity contribution in [2.45, 2.75) is 13.0 Å². The molecule has 0 bridgehead atoms. The molecule has 0 fully saturated rings. The molecule has 2 N–H and O–H groups in total. The summed E-state index contributed by atoms with van der Waals surface area (Å²) < 4.78 is 10.3. The van der Waals surface area contributed by atoms with Crippen molar-refractivity contribution in [3.05, 3.63) is 47.7 Å². The van der Waals surface area contributed by atoms with Crippen molar-refractivity contribution in [1.29, 1.82) is 0 Å². The van der Waals surface area contributed by atoms with Gasteiger partial charge in [0.05, 0.1) is 25.6 Å². The molecule has 0 aliphatic rings. The van der Waals surface area contributed by atoms with Gasteiger partial charge < -0.3 is 14.9 Å². The summed E-state index contributed by atoms with van der Waals surface area (Å²) in [6.07, 6.45) is 5.05. The largest absolute Gasteiger partial charge is 0.495 e. The van der Waals surface area contributed by atoms with E-state index >= 15 is 0 Å². The number of ether oxygens (including phenoxy) is 1. The lowest BCUT2D eigenvalue weighted by molar-refractivity contribution is 0.412. The maximum Gasteiger partial charge on any atom is 0.137 e. The monoisotopic (exact) mass is 218 g/mol. The Kier molecular flexibility index (Phi) is 2.92. The number of pyridine rings is 1. The van der Waals surface area contributed by atoms with Gasteiger partial charge in [0.25, 0.3) is 0 Å². The highest BCUT2D eigenvalue weighted by Crippen LogP contribution is 2.23. The zero-order chi connectivity index (χ0) is 11.5. The Morgan fingerprint density at radius 2 is 2.12 bits per heavy atom. The van der Waals surface area contributed by atoms with Crippen LogP contribution in [0.1, 0.15) is 22.9 Å². The van der Waals surface area contributed by atoms with Crippen molar-refractivity contribution in [2.24, 2.45) is 5.73 Å². The fraction of sp³-hybridized carbons (Fsp3) is 0.250. The first-order valence-corrected chi connectivity index (χ1v) is 5.00. The first-order chi connectivity index (χ1) is 7.70. The average molecular weight is 218 g/mol.